The van der Waals surface area contributed by atoms with E-state index in [0.717, 1.165) is 31.1 Å². The van der Waals surface area contributed by atoms with Crippen molar-refractivity contribution in [1.29, 1.82) is 0 Å². The average Bonchev–Trinajstić information content (AvgIpc) is 2.81. The molecule has 1 heterocycles. The number of amides is 1. The molecule has 0 spiro atoms. The predicted octanol–water partition coefficient (Wildman–Crippen LogP) is 3.36. The average molecular weight is 249 g/mol. The molecular weight excluding hydrogens is 230 g/mol. The van der Waals surface area contributed by atoms with Crippen molar-refractivity contribution in [3.05, 3.63) is 22.4 Å². The highest BCUT2D eigenvalue weighted by Gasteiger charge is 2.48. The lowest BCUT2D eigenvalue weighted by Crippen LogP contribution is -2.32. The lowest BCUT2D eigenvalue weighted by Gasteiger charge is -2.19. The standard InChI is InChI=1S/C14H19NOS/c1-2-12(13-4-3-5-17-13)15-14(16)11-7-9-6-10(9)8-11/h3-5,9-12H,2,6-8H2,1H3,(H,15,16). The quantitative estimate of drug-likeness (QED) is 0.871. The van der Waals surface area contributed by atoms with Gasteiger partial charge in [-0.1, -0.05) is 13.0 Å². The Labute approximate surface area is 106 Å². The van der Waals surface area contributed by atoms with Crippen molar-refractivity contribution < 1.29 is 4.79 Å². The van der Waals surface area contributed by atoms with E-state index in [1.54, 1.807) is 11.3 Å². The van der Waals surface area contributed by atoms with Gasteiger partial charge in [-0.05, 0) is 49.0 Å². The molecule has 3 heteroatoms. The second kappa shape index (κ2) is 4.45. The summed E-state index contributed by atoms with van der Waals surface area (Å²) in [6.07, 6.45) is 4.63. The van der Waals surface area contributed by atoms with Crippen molar-refractivity contribution in [2.75, 3.05) is 0 Å². The monoisotopic (exact) mass is 249 g/mol. The highest BCUT2D eigenvalue weighted by Crippen LogP contribution is 2.54. The normalized spacial score (nSPS) is 31.9. The van der Waals surface area contributed by atoms with E-state index in [1.807, 2.05) is 0 Å². The Morgan fingerprint density at radius 2 is 2.24 bits per heavy atom. The second-order valence-corrected chi connectivity index (χ2v) is 6.39. The molecule has 3 rings (SSSR count). The second-order valence-electron chi connectivity index (χ2n) is 5.41. The number of hydrogen-bond acceptors (Lipinski definition) is 2. The minimum Gasteiger partial charge on any atom is -0.348 e. The Kier molecular flexibility index (Phi) is 2.95. The number of thiophene rings is 1. The van der Waals surface area contributed by atoms with Crippen molar-refractivity contribution in [2.45, 2.75) is 38.6 Å². The summed E-state index contributed by atoms with van der Waals surface area (Å²) in [6.45, 7) is 2.14. The zero-order valence-corrected chi connectivity index (χ0v) is 11.0. The van der Waals surface area contributed by atoms with Crippen LogP contribution in [0.4, 0.5) is 0 Å². The fourth-order valence-corrected chi connectivity index (χ4v) is 3.94. The van der Waals surface area contributed by atoms with Gasteiger partial charge >= 0.3 is 0 Å². The Morgan fingerprint density at radius 3 is 2.82 bits per heavy atom. The molecule has 0 bridgehead atoms. The van der Waals surface area contributed by atoms with Crippen LogP contribution in [-0.4, -0.2) is 5.91 Å². The maximum Gasteiger partial charge on any atom is 0.223 e. The molecule has 3 unspecified atom stereocenters. The zero-order valence-electron chi connectivity index (χ0n) is 10.2. The molecule has 0 aromatic carbocycles. The van der Waals surface area contributed by atoms with E-state index in [-0.39, 0.29) is 11.9 Å². The number of carbonyl (C=O) groups excluding carboxylic acids is 1. The van der Waals surface area contributed by atoms with E-state index in [4.69, 9.17) is 0 Å². The molecule has 17 heavy (non-hydrogen) atoms. The number of nitrogens with one attached hydrogen (secondary N) is 1. The molecule has 2 fully saturated rings. The van der Waals surface area contributed by atoms with E-state index < -0.39 is 0 Å². The van der Waals surface area contributed by atoms with Crippen LogP contribution in [0.5, 0.6) is 0 Å². The van der Waals surface area contributed by atoms with Gasteiger partial charge in [-0.2, -0.15) is 0 Å². The molecule has 3 atom stereocenters. The maximum atomic E-state index is 12.2. The number of rotatable bonds is 4. The SMILES string of the molecule is CCC(NC(=O)C1CC2CC2C1)c1cccs1. The molecule has 2 nitrogen and oxygen atoms in total. The smallest absolute Gasteiger partial charge is 0.223 e. The molecule has 92 valence electrons. The summed E-state index contributed by atoms with van der Waals surface area (Å²) in [7, 11) is 0. The van der Waals surface area contributed by atoms with Crippen molar-refractivity contribution in [2.24, 2.45) is 17.8 Å². The predicted molar refractivity (Wildman–Crippen MR) is 69.8 cm³/mol. The Morgan fingerprint density at radius 1 is 1.47 bits per heavy atom. The lowest BCUT2D eigenvalue weighted by atomic mass is 10.0. The molecule has 1 amide bonds. The van der Waals surface area contributed by atoms with Gasteiger partial charge < -0.3 is 5.32 Å². The Bertz CT molecular complexity index is 390. The van der Waals surface area contributed by atoms with Crippen LogP contribution < -0.4 is 5.32 Å². The first-order valence-corrected chi connectivity index (χ1v) is 7.49. The van der Waals surface area contributed by atoms with E-state index in [9.17, 15) is 4.79 Å². The summed E-state index contributed by atoms with van der Waals surface area (Å²) in [5, 5.41) is 5.30. The summed E-state index contributed by atoms with van der Waals surface area (Å²) in [5.74, 6) is 2.35. The van der Waals surface area contributed by atoms with Crippen LogP contribution in [0.15, 0.2) is 17.5 Å². The zero-order chi connectivity index (χ0) is 11.8. The summed E-state index contributed by atoms with van der Waals surface area (Å²) >= 11 is 1.73. The molecular formula is C14H19NOS. The van der Waals surface area contributed by atoms with Gasteiger partial charge in [0, 0.05) is 10.8 Å². The first kappa shape index (κ1) is 11.3. The van der Waals surface area contributed by atoms with Crippen molar-refractivity contribution in [3.8, 4) is 0 Å². The van der Waals surface area contributed by atoms with E-state index in [0.29, 0.717) is 5.92 Å². The van der Waals surface area contributed by atoms with Gasteiger partial charge in [0.2, 0.25) is 5.91 Å². The van der Waals surface area contributed by atoms with Crippen LogP contribution in [0.1, 0.15) is 43.5 Å². The van der Waals surface area contributed by atoms with E-state index >= 15 is 0 Å². The fourth-order valence-electron chi connectivity index (χ4n) is 3.08. The molecule has 1 aromatic heterocycles. The number of hydrogen-bond donors (Lipinski definition) is 1. The van der Waals surface area contributed by atoms with Gasteiger partial charge in [-0.15, -0.1) is 11.3 Å². The third-order valence-electron chi connectivity index (χ3n) is 4.23. The van der Waals surface area contributed by atoms with Gasteiger partial charge in [0.15, 0.2) is 0 Å². The summed E-state index contributed by atoms with van der Waals surface area (Å²) in [6, 6.07) is 4.39. The summed E-state index contributed by atoms with van der Waals surface area (Å²) in [4.78, 5) is 13.5. The highest BCUT2D eigenvalue weighted by atomic mass is 32.1. The third kappa shape index (κ3) is 2.25. The van der Waals surface area contributed by atoms with Crippen LogP contribution in [0, 0.1) is 17.8 Å². The van der Waals surface area contributed by atoms with Crippen LogP contribution >= 0.6 is 11.3 Å². The van der Waals surface area contributed by atoms with Crippen molar-refractivity contribution in [1.82, 2.24) is 5.32 Å². The molecule has 1 N–H and O–H groups in total. The van der Waals surface area contributed by atoms with Gasteiger partial charge in [-0.25, -0.2) is 0 Å². The van der Waals surface area contributed by atoms with Gasteiger partial charge in [0.1, 0.15) is 0 Å². The molecule has 2 aliphatic rings. The Hall–Kier alpha value is -0.830. The molecule has 0 aliphatic heterocycles. The number of carbonyl (C=O) groups is 1. The first-order valence-electron chi connectivity index (χ1n) is 6.61. The third-order valence-corrected chi connectivity index (χ3v) is 5.21. The van der Waals surface area contributed by atoms with Crippen LogP contribution in [0.3, 0.4) is 0 Å². The van der Waals surface area contributed by atoms with Gasteiger partial charge in [0.25, 0.3) is 0 Å². The topological polar surface area (TPSA) is 29.1 Å². The minimum absolute atomic E-state index is 0.222. The fraction of sp³-hybridized carbons (Fsp3) is 0.643. The maximum absolute atomic E-state index is 12.2. The van der Waals surface area contributed by atoms with E-state index in [1.165, 1.54) is 11.3 Å². The van der Waals surface area contributed by atoms with Crippen LogP contribution in [0.25, 0.3) is 0 Å². The summed E-state index contributed by atoms with van der Waals surface area (Å²) < 4.78 is 0. The van der Waals surface area contributed by atoms with Crippen molar-refractivity contribution >= 4 is 17.2 Å². The first-order chi connectivity index (χ1) is 8.28. The van der Waals surface area contributed by atoms with Gasteiger partial charge in [0.05, 0.1) is 6.04 Å². The Balaban J connectivity index is 1.59. The molecule has 0 radical (unpaired) electrons. The number of fused-ring (bicyclic) bond motifs is 1. The van der Waals surface area contributed by atoms with Crippen LogP contribution in [-0.2, 0) is 4.79 Å². The summed E-state index contributed by atoms with van der Waals surface area (Å²) in [5.41, 5.74) is 0. The van der Waals surface area contributed by atoms with Gasteiger partial charge in [-0.3, -0.25) is 4.79 Å². The molecule has 2 saturated carbocycles. The minimum atomic E-state index is 0.222. The molecule has 1 aromatic rings. The van der Waals surface area contributed by atoms with E-state index in [2.05, 4.69) is 29.8 Å². The van der Waals surface area contributed by atoms with Crippen molar-refractivity contribution in [3.63, 3.8) is 0 Å². The highest BCUT2D eigenvalue weighted by molar-refractivity contribution is 7.10. The van der Waals surface area contributed by atoms with Crippen LogP contribution in [0.2, 0.25) is 0 Å². The lowest BCUT2D eigenvalue weighted by molar-refractivity contribution is -0.125. The molecule has 0 saturated heterocycles. The molecule has 2 aliphatic carbocycles. The largest absolute Gasteiger partial charge is 0.348 e.